The third-order valence-corrected chi connectivity index (χ3v) is 3.61. The molecule has 1 aromatic carbocycles. The molecule has 0 atom stereocenters. The second kappa shape index (κ2) is 7.41. The molecular formula is C17H20ClFN2. The van der Waals surface area contributed by atoms with Crippen molar-refractivity contribution in [3.8, 4) is 0 Å². The van der Waals surface area contributed by atoms with Crippen molar-refractivity contribution in [3.63, 3.8) is 0 Å². The lowest BCUT2D eigenvalue weighted by molar-refractivity contribution is 0.627. The number of hydrogen-bond donors (Lipinski definition) is 0. The van der Waals surface area contributed by atoms with Crippen LogP contribution in [0.2, 0.25) is 0 Å². The molecule has 2 rings (SSSR count). The number of halogens is 2. The van der Waals surface area contributed by atoms with Gasteiger partial charge in [-0.15, -0.1) is 11.6 Å². The van der Waals surface area contributed by atoms with Crippen molar-refractivity contribution in [2.45, 2.75) is 32.6 Å². The summed E-state index contributed by atoms with van der Waals surface area (Å²) in [6.45, 7) is 4.87. The summed E-state index contributed by atoms with van der Waals surface area (Å²) in [5, 5.41) is 0. The Hall–Kier alpha value is -1.61. The summed E-state index contributed by atoms with van der Waals surface area (Å²) < 4.78 is 13.5. The second-order valence-corrected chi connectivity index (χ2v) is 5.20. The van der Waals surface area contributed by atoms with E-state index in [9.17, 15) is 4.39 Å². The predicted octanol–water partition coefficient (Wildman–Crippen LogP) is 5.07. The molecule has 0 N–H and O–H groups in total. The minimum Gasteiger partial charge on any atom is -0.327 e. The van der Waals surface area contributed by atoms with Crippen LogP contribution in [0.4, 0.5) is 15.9 Å². The zero-order chi connectivity index (χ0) is 15.2. The van der Waals surface area contributed by atoms with Crippen LogP contribution >= 0.6 is 11.6 Å². The van der Waals surface area contributed by atoms with E-state index in [0.29, 0.717) is 12.4 Å². The number of aromatic nitrogens is 1. The van der Waals surface area contributed by atoms with Crippen LogP contribution in [-0.2, 0) is 12.3 Å². The van der Waals surface area contributed by atoms with Crippen molar-refractivity contribution < 1.29 is 4.39 Å². The highest BCUT2D eigenvalue weighted by Gasteiger charge is 2.11. The molecule has 1 heterocycles. The lowest BCUT2D eigenvalue weighted by atomic mass is 10.1. The first-order valence-electron chi connectivity index (χ1n) is 7.26. The van der Waals surface area contributed by atoms with Gasteiger partial charge in [-0.25, -0.2) is 9.37 Å². The zero-order valence-electron chi connectivity index (χ0n) is 12.4. The van der Waals surface area contributed by atoms with E-state index in [-0.39, 0.29) is 5.82 Å². The van der Waals surface area contributed by atoms with Crippen molar-refractivity contribution >= 4 is 23.1 Å². The van der Waals surface area contributed by atoms with E-state index in [1.54, 1.807) is 6.07 Å². The van der Waals surface area contributed by atoms with E-state index in [1.165, 1.54) is 12.1 Å². The molecular weight excluding hydrogens is 287 g/mol. The fourth-order valence-electron chi connectivity index (χ4n) is 2.35. The zero-order valence-corrected chi connectivity index (χ0v) is 13.2. The van der Waals surface area contributed by atoms with Gasteiger partial charge in [-0.3, -0.25) is 0 Å². The Morgan fingerprint density at radius 3 is 2.62 bits per heavy atom. The van der Waals surface area contributed by atoms with Gasteiger partial charge in [0.2, 0.25) is 0 Å². The van der Waals surface area contributed by atoms with E-state index >= 15 is 0 Å². The smallest absolute Gasteiger partial charge is 0.133 e. The van der Waals surface area contributed by atoms with Gasteiger partial charge in [0.05, 0.1) is 0 Å². The van der Waals surface area contributed by atoms with Crippen LogP contribution in [-0.4, -0.2) is 11.5 Å². The number of hydrogen-bond acceptors (Lipinski definition) is 2. The number of benzene rings is 1. The lowest BCUT2D eigenvalue weighted by Crippen LogP contribution is -2.18. The molecule has 2 aromatic rings. The molecule has 0 saturated heterocycles. The topological polar surface area (TPSA) is 16.1 Å². The molecule has 0 fully saturated rings. The predicted molar refractivity (Wildman–Crippen MR) is 86.9 cm³/mol. The molecule has 4 heteroatoms. The monoisotopic (exact) mass is 306 g/mol. The highest BCUT2D eigenvalue weighted by molar-refractivity contribution is 6.17. The Morgan fingerprint density at radius 2 is 2.00 bits per heavy atom. The molecule has 0 unspecified atom stereocenters. The fourth-order valence-corrected chi connectivity index (χ4v) is 2.51. The number of alkyl halides is 1. The molecule has 0 amide bonds. The summed E-state index contributed by atoms with van der Waals surface area (Å²) in [5.41, 5.74) is 2.87. The van der Waals surface area contributed by atoms with Crippen molar-refractivity contribution in [2.75, 3.05) is 11.4 Å². The number of rotatable bonds is 6. The Morgan fingerprint density at radius 1 is 1.19 bits per heavy atom. The third-order valence-electron chi connectivity index (χ3n) is 3.30. The minimum absolute atomic E-state index is 0.242. The maximum atomic E-state index is 13.5. The maximum absolute atomic E-state index is 13.5. The van der Waals surface area contributed by atoms with E-state index in [2.05, 4.69) is 6.92 Å². The van der Waals surface area contributed by atoms with E-state index in [0.717, 1.165) is 35.6 Å². The summed E-state index contributed by atoms with van der Waals surface area (Å²) in [4.78, 5) is 6.69. The minimum atomic E-state index is -0.242. The van der Waals surface area contributed by atoms with E-state index in [4.69, 9.17) is 16.6 Å². The SMILES string of the molecule is CCCc1cc(CCl)cc(N(CC)c2cccc(F)c2)n1. The van der Waals surface area contributed by atoms with Crippen LogP contribution in [0.1, 0.15) is 31.5 Å². The van der Waals surface area contributed by atoms with Gasteiger partial charge >= 0.3 is 0 Å². The summed E-state index contributed by atoms with van der Waals surface area (Å²) in [6.07, 6.45) is 1.95. The standard InChI is InChI=1S/C17H20ClFN2/c1-3-6-15-9-13(12-18)10-17(20-15)21(4-2)16-8-5-7-14(19)11-16/h5,7-11H,3-4,6,12H2,1-2H3. The molecule has 21 heavy (non-hydrogen) atoms. The Kier molecular flexibility index (Phi) is 5.57. The third kappa shape index (κ3) is 3.94. The van der Waals surface area contributed by atoms with Crippen LogP contribution in [0.3, 0.4) is 0 Å². The van der Waals surface area contributed by atoms with Gasteiger partial charge < -0.3 is 4.90 Å². The van der Waals surface area contributed by atoms with Gasteiger partial charge in [0.15, 0.2) is 0 Å². The Bertz CT molecular complexity index is 601. The summed E-state index contributed by atoms with van der Waals surface area (Å²) in [7, 11) is 0. The highest BCUT2D eigenvalue weighted by Crippen LogP contribution is 2.26. The molecule has 0 aliphatic rings. The first kappa shape index (κ1) is 15.8. The molecule has 2 nitrogen and oxygen atoms in total. The van der Waals surface area contributed by atoms with Gasteiger partial charge in [-0.1, -0.05) is 19.4 Å². The van der Waals surface area contributed by atoms with E-state index in [1.807, 2.05) is 30.0 Å². The van der Waals surface area contributed by atoms with Crippen molar-refractivity contribution in [3.05, 3.63) is 53.5 Å². The number of nitrogens with zero attached hydrogens (tertiary/aromatic N) is 2. The molecule has 1 aromatic heterocycles. The maximum Gasteiger partial charge on any atom is 0.133 e. The molecule has 0 radical (unpaired) electrons. The molecule has 112 valence electrons. The average Bonchev–Trinajstić information content (AvgIpc) is 2.48. The van der Waals surface area contributed by atoms with Gasteiger partial charge in [0, 0.05) is 23.8 Å². The normalized spacial score (nSPS) is 10.7. The fraction of sp³-hybridized carbons (Fsp3) is 0.353. The van der Waals surface area contributed by atoms with Crippen LogP contribution in [0.25, 0.3) is 0 Å². The quantitative estimate of drug-likeness (QED) is 0.693. The molecule has 0 spiro atoms. The summed E-state index contributed by atoms with van der Waals surface area (Å²) >= 11 is 5.98. The van der Waals surface area contributed by atoms with Crippen LogP contribution in [0.5, 0.6) is 0 Å². The average molecular weight is 307 g/mol. The van der Waals surface area contributed by atoms with Crippen molar-refractivity contribution in [1.29, 1.82) is 0 Å². The lowest BCUT2D eigenvalue weighted by Gasteiger charge is -2.23. The number of aryl methyl sites for hydroxylation is 1. The van der Waals surface area contributed by atoms with Gasteiger partial charge in [-0.2, -0.15) is 0 Å². The first-order chi connectivity index (χ1) is 10.2. The molecule has 0 aliphatic carbocycles. The van der Waals surface area contributed by atoms with Gasteiger partial charge in [-0.05, 0) is 49.2 Å². The molecule has 0 aliphatic heterocycles. The van der Waals surface area contributed by atoms with Crippen molar-refractivity contribution in [1.82, 2.24) is 4.98 Å². The van der Waals surface area contributed by atoms with E-state index < -0.39 is 0 Å². The van der Waals surface area contributed by atoms with Crippen molar-refractivity contribution in [2.24, 2.45) is 0 Å². The number of pyridine rings is 1. The van der Waals surface area contributed by atoms with Gasteiger partial charge in [0.25, 0.3) is 0 Å². The molecule has 0 bridgehead atoms. The second-order valence-electron chi connectivity index (χ2n) is 4.93. The van der Waals surface area contributed by atoms with Crippen LogP contribution in [0.15, 0.2) is 36.4 Å². The Balaban J connectivity index is 2.43. The number of anilines is 2. The van der Waals surface area contributed by atoms with Gasteiger partial charge in [0.1, 0.15) is 11.6 Å². The Labute approximate surface area is 130 Å². The highest BCUT2D eigenvalue weighted by atomic mass is 35.5. The summed E-state index contributed by atoms with van der Waals surface area (Å²) in [6, 6.07) is 10.6. The molecule has 0 saturated carbocycles. The van der Waals surface area contributed by atoms with Crippen LogP contribution in [0, 0.1) is 5.82 Å². The first-order valence-corrected chi connectivity index (χ1v) is 7.80. The van der Waals surface area contributed by atoms with Crippen LogP contribution < -0.4 is 4.90 Å². The largest absolute Gasteiger partial charge is 0.327 e. The summed E-state index contributed by atoms with van der Waals surface area (Å²) in [5.74, 6) is 1.03.